The number of hydrogen-bond donors (Lipinski definition) is 1. The monoisotopic (exact) mass is 181 g/mol. The minimum atomic E-state index is 0.231. The van der Waals surface area contributed by atoms with Gasteiger partial charge in [-0.3, -0.25) is 0 Å². The Kier molecular flexibility index (Phi) is 4.88. The second-order valence-corrected chi connectivity index (χ2v) is 3.49. The zero-order valence-corrected chi connectivity index (χ0v) is 8.38. The second-order valence-electron chi connectivity index (χ2n) is 3.49. The van der Waals surface area contributed by atoms with Gasteiger partial charge in [0.25, 0.3) is 0 Å². The molecule has 0 spiro atoms. The summed E-state index contributed by atoms with van der Waals surface area (Å²) in [5.41, 5.74) is 0. The van der Waals surface area contributed by atoms with Gasteiger partial charge in [0.05, 0.1) is 12.1 Å². The van der Waals surface area contributed by atoms with Crippen LogP contribution in [0.25, 0.3) is 0 Å². The van der Waals surface area contributed by atoms with Crippen LogP contribution in [0.3, 0.4) is 0 Å². The highest BCUT2D eigenvalue weighted by atomic mass is 16.5. The average Bonchev–Trinajstić information content (AvgIpc) is 2.64. The van der Waals surface area contributed by atoms with Gasteiger partial charge in [-0.1, -0.05) is 12.8 Å². The van der Waals surface area contributed by atoms with Crippen molar-refractivity contribution < 1.29 is 4.74 Å². The molecule has 0 aromatic carbocycles. The van der Waals surface area contributed by atoms with Crippen molar-refractivity contribution in [3.63, 3.8) is 0 Å². The van der Waals surface area contributed by atoms with Gasteiger partial charge in [-0.2, -0.15) is 0 Å². The number of hydrogen-bond acceptors (Lipinski definition) is 2. The first kappa shape index (κ1) is 10.6. The summed E-state index contributed by atoms with van der Waals surface area (Å²) in [4.78, 5) is 0. The van der Waals surface area contributed by atoms with E-state index in [0.717, 1.165) is 26.0 Å². The molecule has 0 saturated carbocycles. The van der Waals surface area contributed by atoms with Crippen molar-refractivity contribution in [1.29, 1.82) is 0 Å². The molecular weight excluding hydrogens is 162 g/mol. The molecule has 1 fully saturated rings. The lowest BCUT2D eigenvalue weighted by atomic mass is 10.1. The van der Waals surface area contributed by atoms with E-state index in [0.29, 0.717) is 6.10 Å². The summed E-state index contributed by atoms with van der Waals surface area (Å²) < 4.78 is 5.53. The lowest BCUT2D eigenvalue weighted by Crippen LogP contribution is -2.28. The standard InChI is InChI=1S/C11H19NO/c1-3-10(12-4-2)7-8-11-6-5-9-13-11/h1,10-12H,4-9H2,2H3. The van der Waals surface area contributed by atoms with Crippen LogP contribution in [0.2, 0.25) is 0 Å². The third kappa shape index (κ3) is 3.80. The van der Waals surface area contributed by atoms with E-state index in [1.54, 1.807) is 0 Å². The molecule has 0 aliphatic carbocycles. The van der Waals surface area contributed by atoms with E-state index in [9.17, 15) is 0 Å². The van der Waals surface area contributed by atoms with Crippen molar-refractivity contribution in [2.45, 2.75) is 44.8 Å². The fourth-order valence-electron chi connectivity index (χ4n) is 1.72. The van der Waals surface area contributed by atoms with Gasteiger partial charge in [-0.15, -0.1) is 6.42 Å². The highest BCUT2D eigenvalue weighted by Crippen LogP contribution is 2.17. The Hall–Kier alpha value is -0.520. The van der Waals surface area contributed by atoms with Crippen LogP contribution in [0.5, 0.6) is 0 Å². The molecule has 0 bridgehead atoms. The van der Waals surface area contributed by atoms with Crippen molar-refractivity contribution in [2.75, 3.05) is 13.2 Å². The van der Waals surface area contributed by atoms with E-state index in [1.807, 2.05) is 0 Å². The van der Waals surface area contributed by atoms with Gasteiger partial charge < -0.3 is 10.1 Å². The third-order valence-electron chi connectivity index (χ3n) is 2.45. The van der Waals surface area contributed by atoms with Crippen LogP contribution in [-0.2, 0) is 4.74 Å². The zero-order chi connectivity index (χ0) is 9.52. The molecule has 1 saturated heterocycles. The number of nitrogens with one attached hydrogen (secondary N) is 1. The Labute approximate surface area is 81.0 Å². The van der Waals surface area contributed by atoms with Gasteiger partial charge in [-0.05, 0) is 32.2 Å². The largest absolute Gasteiger partial charge is 0.378 e. The van der Waals surface area contributed by atoms with Crippen molar-refractivity contribution >= 4 is 0 Å². The molecule has 1 rings (SSSR count). The Morgan fingerprint density at radius 2 is 2.54 bits per heavy atom. The van der Waals surface area contributed by atoms with Crippen molar-refractivity contribution in [3.05, 3.63) is 0 Å². The first-order chi connectivity index (χ1) is 6.36. The van der Waals surface area contributed by atoms with Gasteiger partial charge in [0.1, 0.15) is 0 Å². The Morgan fingerprint density at radius 3 is 3.08 bits per heavy atom. The van der Waals surface area contributed by atoms with Crippen LogP contribution in [-0.4, -0.2) is 25.3 Å². The smallest absolute Gasteiger partial charge is 0.0687 e. The molecule has 0 radical (unpaired) electrons. The second kappa shape index (κ2) is 6.01. The topological polar surface area (TPSA) is 21.3 Å². The van der Waals surface area contributed by atoms with Crippen molar-refractivity contribution in [1.82, 2.24) is 5.32 Å². The molecule has 0 amide bonds. The zero-order valence-electron chi connectivity index (χ0n) is 8.38. The van der Waals surface area contributed by atoms with E-state index < -0.39 is 0 Å². The Bertz CT molecular complexity index is 167. The summed E-state index contributed by atoms with van der Waals surface area (Å²) in [6.45, 7) is 3.96. The molecule has 1 aliphatic rings. The maximum atomic E-state index is 5.53. The minimum Gasteiger partial charge on any atom is -0.378 e. The van der Waals surface area contributed by atoms with Crippen LogP contribution < -0.4 is 5.32 Å². The molecule has 74 valence electrons. The average molecular weight is 181 g/mol. The van der Waals surface area contributed by atoms with E-state index in [-0.39, 0.29) is 6.04 Å². The Morgan fingerprint density at radius 1 is 1.69 bits per heavy atom. The predicted molar refractivity (Wildman–Crippen MR) is 54.5 cm³/mol. The van der Waals surface area contributed by atoms with Crippen LogP contribution in [0, 0.1) is 12.3 Å². The van der Waals surface area contributed by atoms with Gasteiger partial charge in [0.2, 0.25) is 0 Å². The fourth-order valence-corrected chi connectivity index (χ4v) is 1.72. The molecule has 13 heavy (non-hydrogen) atoms. The molecule has 0 aromatic heterocycles. The fraction of sp³-hybridized carbons (Fsp3) is 0.818. The Balaban J connectivity index is 2.12. The minimum absolute atomic E-state index is 0.231. The molecule has 2 unspecified atom stereocenters. The summed E-state index contributed by atoms with van der Waals surface area (Å²) >= 11 is 0. The molecule has 2 heteroatoms. The first-order valence-electron chi connectivity index (χ1n) is 5.18. The van der Waals surface area contributed by atoms with Gasteiger partial charge in [0, 0.05) is 6.61 Å². The molecular formula is C11H19NO. The first-order valence-corrected chi connectivity index (χ1v) is 5.18. The van der Waals surface area contributed by atoms with Crippen LogP contribution in [0.15, 0.2) is 0 Å². The highest BCUT2D eigenvalue weighted by Gasteiger charge is 2.16. The van der Waals surface area contributed by atoms with Crippen molar-refractivity contribution in [2.24, 2.45) is 0 Å². The van der Waals surface area contributed by atoms with Crippen molar-refractivity contribution in [3.8, 4) is 12.3 Å². The van der Waals surface area contributed by atoms with Crippen LogP contribution in [0.1, 0.15) is 32.6 Å². The summed E-state index contributed by atoms with van der Waals surface area (Å²) in [5.74, 6) is 2.76. The summed E-state index contributed by atoms with van der Waals surface area (Å²) in [6.07, 6.45) is 10.4. The summed E-state index contributed by atoms with van der Waals surface area (Å²) in [7, 11) is 0. The van der Waals surface area contributed by atoms with E-state index in [2.05, 4.69) is 18.2 Å². The quantitative estimate of drug-likeness (QED) is 0.650. The maximum absolute atomic E-state index is 5.53. The molecule has 1 N–H and O–H groups in total. The molecule has 2 nitrogen and oxygen atoms in total. The highest BCUT2D eigenvalue weighted by molar-refractivity contribution is 4.98. The number of rotatable bonds is 5. The van der Waals surface area contributed by atoms with Crippen LogP contribution in [0.4, 0.5) is 0 Å². The summed E-state index contributed by atoms with van der Waals surface area (Å²) in [6, 6.07) is 0.231. The SMILES string of the molecule is C#CC(CCC1CCCO1)NCC. The number of terminal acetylenes is 1. The molecule has 1 heterocycles. The molecule has 0 aromatic rings. The number of ether oxygens (including phenoxy) is 1. The lowest BCUT2D eigenvalue weighted by molar-refractivity contribution is 0.101. The third-order valence-corrected chi connectivity index (χ3v) is 2.45. The predicted octanol–water partition coefficient (Wildman–Crippen LogP) is 1.56. The maximum Gasteiger partial charge on any atom is 0.0687 e. The normalized spacial score (nSPS) is 24.2. The van der Waals surface area contributed by atoms with Crippen LogP contribution >= 0.6 is 0 Å². The molecule has 2 atom stereocenters. The van der Waals surface area contributed by atoms with E-state index in [1.165, 1.54) is 12.8 Å². The van der Waals surface area contributed by atoms with E-state index >= 15 is 0 Å². The lowest BCUT2D eigenvalue weighted by Gasteiger charge is -2.14. The van der Waals surface area contributed by atoms with Gasteiger partial charge in [-0.25, -0.2) is 0 Å². The summed E-state index contributed by atoms with van der Waals surface area (Å²) in [5, 5.41) is 3.26. The van der Waals surface area contributed by atoms with E-state index in [4.69, 9.17) is 11.2 Å². The van der Waals surface area contributed by atoms with Gasteiger partial charge in [0.15, 0.2) is 0 Å². The van der Waals surface area contributed by atoms with Gasteiger partial charge >= 0.3 is 0 Å². The molecule has 1 aliphatic heterocycles.